The highest BCUT2D eigenvalue weighted by atomic mass is 16.5. The molecule has 3 heteroatoms. The number of pyridine rings is 1. The summed E-state index contributed by atoms with van der Waals surface area (Å²) in [5, 5.41) is 0. The Morgan fingerprint density at radius 1 is 1.05 bits per heavy atom. The van der Waals surface area contributed by atoms with Crippen LogP contribution in [0, 0.1) is 0 Å². The Bertz CT molecular complexity index is 689. The first kappa shape index (κ1) is 15.4. The maximum absolute atomic E-state index is 11.9. The average Bonchev–Trinajstić information content (AvgIpc) is 2.55. The van der Waals surface area contributed by atoms with Crippen molar-refractivity contribution in [2.45, 2.75) is 0 Å². The fourth-order valence-corrected chi connectivity index (χ4v) is 1.86. The van der Waals surface area contributed by atoms with E-state index in [2.05, 4.69) is 4.98 Å². The van der Waals surface area contributed by atoms with E-state index in [9.17, 15) is 4.79 Å². The van der Waals surface area contributed by atoms with Crippen LogP contribution in [0.4, 0.5) is 0 Å². The van der Waals surface area contributed by atoms with Gasteiger partial charge in [-0.1, -0.05) is 54.7 Å². The molecule has 1 aromatic rings. The Morgan fingerprint density at radius 2 is 1.77 bits per heavy atom. The summed E-state index contributed by atoms with van der Waals surface area (Å²) in [6, 6.07) is 3.81. The van der Waals surface area contributed by atoms with E-state index in [0.29, 0.717) is 5.57 Å². The first-order valence-electron chi connectivity index (χ1n) is 6.90. The lowest BCUT2D eigenvalue weighted by Crippen LogP contribution is -2.03. The van der Waals surface area contributed by atoms with E-state index in [-0.39, 0.29) is 5.97 Å². The fourth-order valence-electron chi connectivity index (χ4n) is 1.86. The summed E-state index contributed by atoms with van der Waals surface area (Å²) in [5.41, 5.74) is 2.28. The molecule has 0 N–H and O–H groups in total. The summed E-state index contributed by atoms with van der Waals surface area (Å²) in [7, 11) is 1.37. The van der Waals surface area contributed by atoms with Crippen molar-refractivity contribution in [1.82, 2.24) is 4.98 Å². The predicted molar refractivity (Wildman–Crippen MR) is 88.9 cm³/mol. The minimum atomic E-state index is -0.379. The Balaban J connectivity index is 2.50. The van der Waals surface area contributed by atoms with Crippen molar-refractivity contribution >= 4 is 11.5 Å². The molecule has 0 saturated carbocycles. The summed E-state index contributed by atoms with van der Waals surface area (Å²) in [4.78, 5) is 16.0. The number of methoxy groups -OCH3 is 1. The first-order chi connectivity index (χ1) is 10.8. The molecule has 1 heterocycles. The molecule has 1 aliphatic carbocycles. The van der Waals surface area contributed by atoms with Crippen molar-refractivity contribution in [2.24, 2.45) is 0 Å². The number of hydrogen-bond acceptors (Lipinski definition) is 3. The molecular formula is C19H17NO2. The Labute approximate surface area is 130 Å². The van der Waals surface area contributed by atoms with Crippen LogP contribution in [0.15, 0.2) is 90.9 Å². The molecule has 0 fully saturated rings. The van der Waals surface area contributed by atoms with E-state index in [1.165, 1.54) is 7.11 Å². The molecule has 1 aromatic heterocycles. The third kappa shape index (κ3) is 4.56. The van der Waals surface area contributed by atoms with Crippen LogP contribution in [0.2, 0.25) is 0 Å². The average molecular weight is 291 g/mol. The highest BCUT2D eigenvalue weighted by molar-refractivity contribution is 5.95. The molecule has 0 saturated heterocycles. The largest absolute Gasteiger partial charge is 0.465 e. The number of aromatic nitrogens is 1. The zero-order valence-corrected chi connectivity index (χ0v) is 12.3. The number of hydrogen-bond donors (Lipinski definition) is 0. The molecular weight excluding hydrogens is 274 g/mol. The van der Waals surface area contributed by atoms with Crippen molar-refractivity contribution in [2.75, 3.05) is 7.11 Å². The van der Waals surface area contributed by atoms with Gasteiger partial charge < -0.3 is 4.74 Å². The van der Waals surface area contributed by atoms with Gasteiger partial charge in [0.25, 0.3) is 0 Å². The maximum atomic E-state index is 11.9. The van der Waals surface area contributed by atoms with Gasteiger partial charge in [0.1, 0.15) is 0 Å². The van der Waals surface area contributed by atoms with E-state index >= 15 is 0 Å². The van der Waals surface area contributed by atoms with Crippen LogP contribution in [0.5, 0.6) is 0 Å². The molecule has 0 atom stereocenters. The molecule has 110 valence electrons. The highest BCUT2D eigenvalue weighted by Gasteiger charge is 2.08. The number of esters is 1. The molecule has 0 amide bonds. The first-order valence-corrected chi connectivity index (χ1v) is 6.90. The predicted octanol–water partition coefficient (Wildman–Crippen LogP) is 3.80. The molecule has 0 aromatic carbocycles. The van der Waals surface area contributed by atoms with E-state index in [1.807, 2.05) is 54.7 Å². The lowest BCUT2D eigenvalue weighted by Gasteiger charge is -2.04. The molecule has 0 spiro atoms. The van der Waals surface area contributed by atoms with Gasteiger partial charge in [-0.05, 0) is 23.8 Å². The molecule has 1 aliphatic rings. The monoisotopic (exact) mass is 291 g/mol. The number of rotatable bonds is 2. The standard InChI is InChI=1S/C19H17NO2/c1-22-19(21)17-11-8-6-4-2-3-5-7-10-16(14-17)18-12-9-13-20-15-18/h2-15H,1H3/b3-2-,4-2?,5-3?,6-4-,7-5-,8-6?,10-7?,11-8?,16-10+,16-14?,17-11?,17-14?. The summed E-state index contributed by atoms with van der Waals surface area (Å²) in [5.74, 6) is -0.379. The molecule has 0 aliphatic heterocycles. The van der Waals surface area contributed by atoms with E-state index in [0.717, 1.165) is 11.1 Å². The number of allylic oxidation sites excluding steroid dienone is 10. The number of ether oxygens (including phenoxy) is 1. The minimum Gasteiger partial charge on any atom is -0.465 e. The quantitative estimate of drug-likeness (QED) is 0.778. The van der Waals surface area contributed by atoms with E-state index in [4.69, 9.17) is 4.74 Å². The van der Waals surface area contributed by atoms with Crippen LogP contribution in [-0.2, 0) is 9.53 Å². The zero-order valence-electron chi connectivity index (χ0n) is 12.3. The second-order valence-corrected chi connectivity index (χ2v) is 4.47. The lowest BCUT2D eigenvalue weighted by atomic mass is 10.0. The van der Waals surface area contributed by atoms with Crippen molar-refractivity contribution in [1.29, 1.82) is 0 Å². The van der Waals surface area contributed by atoms with Crippen LogP contribution in [0.3, 0.4) is 0 Å². The van der Waals surface area contributed by atoms with Crippen molar-refractivity contribution in [3.63, 3.8) is 0 Å². The Morgan fingerprint density at radius 3 is 2.45 bits per heavy atom. The number of nitrogens with zero attached hydrogens (tertiary/aromatic N) is 1. The molecule has 3 nitrogen and oxygen atoms in total. The van der Waals surface area contributed by atoms with Gasteiger partial charge in [-0.2, -0.15) is 0 Å². The van der Waals surface area contributed by atoms with Crippen LogP contribution in [-0.4, -0.2) is 18.1 Å². The molecule has 2 rings (SSSR count). The third-order valence-corrected chi connectivity index (χ3v) is 2.95. The van der Waals surface area contributed by atoms with Crippen LogP contribution >= 0.6 is 0 Å². The van der Waals surface area contributed by atoms with Crippen molar-refractivity contribution in [3.05, 3.63) is 96.4 Å². The van der Waals surface area contributed by atoms with Crippen LogP contribution in [0.25, 0.3) is 5.57 Å². The second kappa shape index (κ2) is 8.37. The maximum Gasteiger partial charge on any atom is 0.337 e. The number of carbonyl (C=O) groups excluding carboxylic acids is 1. The second-order valence-electron chi connectivity index (χ2n) is 4.47. The van der Waals surface area contributed by atoms with Crippen molar-refractivity contribution in [3.8, 4) is 0 Å². The van der Waals surface area contributed by atoms with E-state index < -0.39 is 0 Å². The fraction of sp³-hybridized carbons (Fsp3) is 0.0526. The molecule has 0 radical (unpaired) electrons. The summed E-state index contributed by atoms with van der Waals surface area (Å²) in [6.45, 7) is 0. The Kier molecular flexibility index (Phi) is 5.88. The number of carbonyl (C=O) groups is 1. The normalized spacial score (nSPS) is 21.3. The Hall–Kier alpha value is -2.94. The summed E-state index contributed by atoms with van der Waals surface area (Å²) >= 11 is 0. The van der Waals surface area contributed by atoms with Gasteiger partial charge in [-0.15, -0.1) is 0 Å². The van der Waals surface area contributed by atoms with Gasteiger partial charge in [0, 0.05) is 18.0 Å². The van der Waals surface area contributed by atoms with Gasteiger partial charge in [-0.3, -0.25) is 4.98 Å². The zero-order chi connectivity index (χ0) is 15.6. The van der Waals surface area contributed by atoms with Gasteiger partial charge in [0.05, 0.1) is 12.7 Å². The van der Waals surface area contributed by atoms with Gasteiger partial charge in [-0.25, -0.2) is 4.79 Å². The summed E-state index contributed by atoms with van der Waals surface area (Å²) in [6.07, 6.45) is 22.2. The third-order valence-electron chi connectivity index (χ3n) is 2.95. The summed E-state index contributed by atoms with van der Waals surface area (Å²) < 4.78 is 4.84. The minimum absolute atomic E-state index is 0.379. The SMILES string of the molecule is COC(=O)C1=C\C(c2cccnc2)=C/C=C\C=C/C=C\C=C1. The topological polar surface area (TPSA) is 39.2 Å². The van der Waals surface area contributed by atoms with Crippen LogP contribution in [0.1, 0.15) is 5.56 Å². The molecule has 0 bridgehead atoms. The van der Waals surface area contributed by atoms with Crippen LogP contribution < -0.4 is 0 Å². The van der Waals surface area contributed by atoms with Gasteiger partial charge in [0.2, 0.25) is 0 Å². The lowest BCUT2D eigenvalue weighted by molar-refractivity contribution is -0.135. The molecule has 22 heavy (non-hydrogen) atoms. The van der Waals surface area contributed by atoms with Crippen molar-refractivity contribution < 1.29 is 9.53 Å². The molecule has 0 unspecified atom stereocenters. The smallest absolute Gasteiger partial charge is 0.337 e. The van der Waals surface area contributed by atoms with Gasteiger partial charge in [0.15, 0.2) is 0 Å². The van der Waals surface area contributed by atoms with Gasteiger partial charge >= 0.3 is 5.97 Å². The van der Waals surface area contributed by atoms with E-state index in [1.54, 1.807) is 30.6 Å². The highest BCUT2D eigenvalue weighted by Crippen LogP contribution is 2.18.